The van der Waals surface area contributed by atoms with Crippen LogP contribution in [0.5, 0.6) is 0 Å². The van der Waals surface area contributed by atoms with Gasteiger partial charge in [0, 0.05) is 32.3 Å². The Morgan fingerprint density at radius 1 is 1.19 bits per heavy atom. The number of amides is 1. The smallest absolute Gasteiger partial charge is 0.251 e. The minimum absolute atomic E-state index is 0.0409. The number of methoxy groups -OCH3 is 1. The summed E-state index contributed by atoms with van der Waals surface area (Å²) in [5.74, 6) is 0.700. The van der Waals surface area contributed by atoms with E-state index in [1.807, 2.05) is 38.1 Å². The fourth-order valence-electron chi connectivity index (χ4n) is 2.60. The fraction of sp³-hybridized carbons (Fsp3) is 0.619. The minimum atomic E-state index is -0.0409. The zero-order valence-corrected chi connectivity index (χ0v) is 17.7. The van der Waals surface area contributed by atoms with Crippen molar-refractivity contribution in [2.45, 2.75) is 53.7 Å². The van der Waals surface area contributed by atoms with E-state index in [1.165, 1.54) is 0 Å². The maximum atomic E-state index is 12.1. The van der Waals surface area contributed by atoms with Gasteiger partial charge in [-0.3, -0.25) is 4.79 Å². The van der Waals surface area contributed by atoms with Crippen LogP contribution in [0.1, 0.15) is 57.0 Å². The Morgan fingerprint density at radius 3 is 2.52 bits per heavy atom. The van der Waals surface area contributed by atoms with Gasteiger partial charge in [-0.1, -0.05) is 39.8 Å². The number of carbonyl (C=O) groups excluding carboxylic acids is 1. The SMILES string of the molecule is CCCNC(=O)c1cccc(CN=C(NCC)NCC(OC)C(C)(C)C)c1. The largest absolute Gasteiger partial charge is 0.379 e. The van der Waals surface area contributed by atoms with E-state index in [0.29, 0.717) is 25.2 Å². The lowest BCUT2D eigenvalue weighted by Crippen LogP contribution is -2.45. The highest BCUT2D eigenvalue weighted by Gasteiger charge is 2.24. The number of aliphatic imine (C=N–C) groups is 1. The van der Waals surface area contributed by atoms with Crippen LogP contribution in [0.15, 0.2) is 29.3 Å². The maximum Gasteiger partial charge on any atom is 0.251 e. The Balaban J connectivity index is 2.76. The Kier molecular flexibility index (Phi) is 9.86. The molecule has 0 heterocycles. The first-order valence-electron chi connectivity index (χ1n) is 9.73. The average Bonchev–Trinajstić information content (AvgIpc) is 2.63. The molecule has 0 radical (unpaired) electrons. The van der Waals surface area contributed by atoms with Crippen LogP contribution in [0, 0.1) is 5.41 Å². The van der Waals surface area contributed by atoms with Crippen LogP contribution in [-0.2, 0) is 11.3 Å². The number of benzene rings is 1. The van der Waals surface area contributed by atoms with Crippen molar-refractivity contribution in [1.82, 2.24) is 16.0 Å². The van der Waals surface area contributed by atoms with E-state index in [2.05, 4.69) is 41.7 Å². The Morgan fingerprint density at radius 2 is 1.93 bits per heavy atom. The third kappa shape index (κ3) is 8.43. The summed E-state index contributed by atoms with van der Waals surface area (Å²) in [6, 6.07) is 7.60. The molecule has 0 bridgehead atoms. The summed E-state index contributed by atoms with van der Waals surface area (Å²) in [6.07, 6.45) is 0.997. The lowest BCUT2D eigenvalue weighted by Gasteiger charge is -2.30. The minimum Gasteiger partial charge on any atom is -0.379 e. The highest BCUT2D eigenvalue weighted by atomic mass is 16.5. The molecule has 3 N–H and O–H groups in total. The average molecular weight is 377 g/mol. The highest BCUT2D eigenvalue weighted by Crippen LogP contribution is 2.20. The number of hydrogen-bond donors (Lipinski definition) is 3. The van der Waals surface area contributed by atoms with Gasteiger partial charge in [-0.2, -0.15) is 0 Å². The van der Waals surface area contributed by atoms with E-state index in [-0.39, 0.29) is 17.4 Å². The van der Waals surface area contributed by atoms with Gasteiger partial charge in [0.2, 0.25) is 0 Å². The van der Waals surface area contributed by atoms with Crippen molar-refractivity contribution >= 4 is 11.9 Å². The molecule has 6 heteroatoms. The molecule has 0 aromatic heterocycles. The number of nitrogens with one attached hydrogen (secondary N) is 3. The molecule has 0 aliphatic carbocycles. The number of carbonyl (C=O) groups is 1. The Bertz CT molecular complexity index is 608. The van der Waals surface area contributed by atoms with Crippen LogP contribution in [0.2, 0.25) is 0 Å². The lowest BCUT2D eigenvalue weighted by molar-refractivity contribution is 0.0205. The molecule has 0 aliphatic rings. The monoisotopic (exact) mass is 376 g/mol. The number of guanidine groups is 1. The predicted octanol–water partition coefficient (Wildman–Crippen LogP) is 2.94. The number of rotatable bonds is 9. The molecule has 152 valence electrons. The van der Waals surface area contributed by atoms with Crippen molar-refractivity contribution in [2.24, 2.45) is 10.4 Å². The molecule has 6 nitrogen and oxygen atoms in total. The van der Waals surface area contributed by atoms with Gasteiger partial charge in [-0.05, 0) is 36.5 Å². The Hall–Kier alpha value is -2.08. The summed E-state index contributed by atoms with van der Waals surface area (Å²) in [5.41, 5.74) is 1.70. The highest BCUT2D eigenvalue weighted by molar-refractivity contribution is 5.94. The van der Waals surface area contributed by atoms with Crippen LogP contribution < -0.4 is 16.0 Å². The summed E-state index contributed by atoms with van der Waals surface area (Å²) in [4.78, 5) is 16.8. The Labute approximate surface area is 164 Å². The molecule has 1 amide bonds. The molecule has 1 rings (SSSR count). The molecular formula is C21H36N4O2. The van der Waals surface area contributed by atoms with E-state index >= 15 is 0 Å². The van der Waals surface area contributed by atoms with Gasteiger partial charge in [0.05, 0.1) is 12.6 Å². The third-order valence-electron chi connectivity index (χ3n) is 4.19. The summed E-state index contributed by atoms with van der Waals surface area (Å²) < 4.78 is 5.59. The van der Waals surface area contributed by atoms with Gasteiger partial charge >= 0.3 is 0 Å². The van der Waals surface area contributed by atoms with E-state index < -0.39 is 0 Å². The summed E-state index contributed by atoms with van der Waals surface area (Å²) in [7, 11) is 1.73. The summed E-state index contributed by atoms with van der Waals surface area (Å²) in [5, 5.41) is 9.50. The van der Waals surface area contributed by atoms with Gasteiger partial charge < -0.3 is 20.7 Å². The number of hydrogen-bond acceptors (Lipinski definition) is 3. The molecular weight excluding hydrogens is 340 g/mol. The second kappa shape index (κ2) is 11.6. The van der Waals surface area contributed by atoms with Crippen LogP contribution in [0.4, 0.5) is 0 Å². The van der Waals surface area contributed by atoms with E-state index in [9.17, 15) is 4.79 Å². The van der Waals surface area contributed by atoms with Crippen molar-refractivity contribution in [3.8, 4) is 0 Å². The molecule has 1 aromatic carbocycles. The molecule has 0 aliphatic heterocycles. The van der Waals surface area contributed by atoms with Crippen molar-refractivity contribution < 1.29 is 9.53 Å². The van der Waals surface area contributed by atoms with Gasteiger partial charge in [-0.15, -0.1) is 0 Å². The van der Waals surface area contributed by atoms with E-state index in [4.69, 9.17) is 4.74 Å². The lowest BCUT2D eigenvalue weighted by atomic mass is 9.89. The van der Waals surface area contributed by atoms with Gasteiger partial charge in [0.1, 0.15) is 0 Å². The van der Waals surface area contributed by atoms with Crippen molar-refractivity contribution in [3.05, 3.63) is 35.4 Å². The first-order chi connectivity index (χ1) is 12.8. The molecule has 0 fully saturated rings. The topological polar surface area (TPSA) is 74.8 Å². The van der Waals surface area contributed by atoms with Crippen LogP contribution in [-0.4, -0.2) is 44.7 Å². The number of nitrogens with zero attached hydrogens (tertiary/aromatic N) is 1. The van der Waals surface area contributed by atoms with Crippen LogP contribution in [0.3, 0.4) is 0 Å². The second-order valence-electron chi connectivity index (χ2n) is 7.62. The van der Waals surface area contributed by atoms with Crippen molar-refractivity contribution in [3.63, 3.8) is 0 Å². The van der Waals surface area contributed by atoms with Gasteiger partial charge in [0.25, 0.3) is 5.91 Å². The van der Waals surface area contributed by atoms with Crippen LogP contribution >= 0.6 is 0 Å². The molecule has 27 heavy (non-hydrogen) atoms. The normalized spacial score (nSPS) is 13.2. The second-order valence-corrected chi connectivity index (χ2v) is 7.62. The molecule has 0 spiro atoms. The first kappa shape index (κ1) is 23.0. The first-order valence-corrected chi connectivity index (χ1v) is 9.73. The summed E-state index contributed by atoms with van der Waals surface area (Å²) >= 11 is 0. The van der Waals surface area contributed by atoms with E-state index in [0.717, 1.165) is 24.5 Å². The maximum absolute atomic E-state index is 12.1. The zero-order chi connectivity index (χ0) is 20.3. The fourth-order valence-corrected chi connectivity index (χ4v) is 2.60. The summed E-state index contributed by atoms with van der Waals surface area (Å²) in [6.45, 7) is 13.2. The van der Waals surface area contributed by atoms with Crippen molar-refractivity contribution in [2.75, 3.05) is 26.7 Å². The molecule has 1 atom stereocenters. The zero-order valence-electron chi connectivity index (χ0n) is 17.7. The van der Waals surface area contributed by atoms with Gasteiger partial charge in [-0.25, -0.2) is 4.99 Å². The number of ether oxygens (including phenoxy) is 1. The molecule has 0 saturated carbocycles. The predicted molar refractivity (Wildman–Crippen MR) is 112 cm³/mol. The third-order valence-corrected chi connectivity index (χ3v) is 4.19. The van der Waals surface area contributed by atoms with E-state index in [1.54, 1.807) is 7.11 Å². The molecule has 0 saturated heterocycles. The quantitative estimate of drug-likeness (QED) is 0.458. The van der Waals surface area contributed by atoms with Crippen molar-refractivity contribution in [1.29, 1.82) is 0 Å². The molecule has 1 unspecified atom stereocenters. The van der Waals surface area contributed by atoms with Gasteiger partial charge in [0.15, 0.2) is 5.96 Å². The van der Waals surface area contributed by atoms with Crippen LogP contribution in [0.25, 0.3) is 0 Å². The molecule has 1 aromatic rings. The standard InChI is InChI=1S/C21H36N4O2/c1-7-12-23-19(26)17-11-9-10-16(13-17)14-24-20(22-8-2)25-15-18(27-6)21(3,4)5/h9-11,13,18H,7-8,12,14-15H2,1-6H3,(H,23,26)(H2,22,24,25).